The van der Waals surface area contributed by atoms with Crippen LogP contribution in [0.15, 0.2) is 79.1 Å². The lowest BCUT2D eigenvalue weighted by Crippen LogP contribution is -2.55. The van der Waals surface area contributed by atoms with Crippen LogP contribution in [-0.2, 0) is 31.7 Å². The molecule has 0 bridgehead atoms. The van der Waals surface area contributed by atoms with E-state index in [1.165, 1.54) is 5.57 Å². The molecular formula is C48H63N5O6Si. The lowest BCUT2D eigenvalue weighted by atomic mass is 9.84. The number of hydrogen-bond acceptors (Lipinski definition) is 10. The number of carbonyl (C=O) groups is 3. The van der Waals surface area contributed by atoms with Gasteiger partial charge in [0.1, 0.15) is 17.9 Å². The van der Waals surface area contributed by atoms with Crippen molar-refractivity contribution < 1.29 is 28.3 Å². The van der Waals surface area contributed by atoms with Crippen LogP contribution >= 0.6 is 0 Å². The van der Waals surface area contributed by atoms with Crippen molar-refractivity contribution in [2.75, 3.05) is 43.4 Å². The van der Waals surface area contributed by atoms with E-state index in [2.05, 4.69) is 80.1 Å². The van der Waals surface area contributed by atoms with Gasteiger partial charge < -0.3 is 23.7 Å². The largest absolute Gasteiger partial charge is 0.460 e. The maximum Gasteiger partial charge on any atom is 0.412 e. The van der Waals surface area contributed by atoms with E-state index in [-0.39, 0.29) is 65.6 Å². The molecule has 12 heteroatoms. The summed E-state index contributed by atoms with van der Waals surface area (Å²) in [5.74, 6) is -0.604. The minimum atomic E-state index is -2.20. The van der Waals surface area contributed by atoms with Crippen molar-refractivity contribution in [3.05, 3.63) is 102 Å². The van der Waals surface area contributed by atoms with Crippen molar-refractivity contribution >= 4 is 54.0 Å². The average Bonchev–Trinajstić information content (AvgIpc) is 3.17. The highest BCUT2D eigenvalue weighted by Crippen LogP contribution is 2.42. The normalized spacial score (nSPS) is 19.1. The zero-order valence-corrected chi connectivity index (χ0v) is 38.1. The van der Waals surface area contributed by atoms with E-state index >= 15 is 0 Å². The average molecular weight is 834 g/mol. The van der Waals surface area contributed by atoms with Gasteiger partial charge in [0.25, 0.3) is 0 Å². The molecule has 1 fully saturated rings. The summed E-state index contributed by atoms with van der Waals surface area (Å²) in [4.78, 5) is 55.2. The van der Waals surface area contributed by atoms with Crippen LogP contribution in [0.25, 0.3) is 16.5 Å². The van der Waals surface area contributed by atoms with Crippen LogP contribution in [0.3, 0.4) is 0 Å². The van der Waals surface area contributed by atoms with Crippen LogP contribution in [0.2, 0.25) is 18.1 Å². The Hall–Kier alpha value is -4.91. The molecule has 60 heavy (non-hydrogen) atoms. The number of piperidine rings is 1. The van der Waals surface area contributed by atoms with Crippen LogP contribution in [0.5, 0.6) is 0 Å². The van der Waals surface area contributed by atoms with E-state index < -0.39 is 20.0 Å². The number of anilines is 2. The summed E-state index contributed by atoms with van der Waals surface area (Å²) in [6.45, 7) is 22.1. The first kappa shape index (κ1) is 44.6. The first-order chi connectivity index (χ1) is 28.3. The summed E-state index contributed by atoms with van der Waals surface area (Å²) in [7, 11) is -0.0906. The zero-order chi connectivity index (χ0) is 43.4. The number of aromatic nitrogens is 2. The number of hydrogen-bond donors (Lipinski definition) is 1. The molecule has 6 rings (SSSR count). The number of benzene rings is 2. The Bertz CT molecular complexity index is 2210. The highest BCUT2D eigenvalue weighted by molar-refractivity contribution is 6.74. The summed E-state index contributed by atoms with van der Waals surface area (Å²) in [6, 6.07) is 19.3. The molecule has 2 aliphatic heterocycles. The molecule has 2 aromatic carbocycles. The van der Waals surface area contributed by atoms with E-state index in [0.717, 1.165) is 47.3 Å². The number of Topliss-reactive ketones (excluding diaryl/α,β-unsaturated/α-hetero) is 1. The number of likely N-dealkylation sites (N-methyl/N-ethyl adjacent to an activating group) is 1. The number of ether oxygens (including phenoxy) is 2. The van der Waals surface area contributed by atoms with Gasteiger partial charge in [0.2, 0.25) is 0 Å². The molecule has 2 aliphatic rings. The van der Waals surface area contributed by atoms with Gasteiger partial charge in [-0.15, -0.1) is 0 Å². The van der Waals surface area contributed by atoms with Crippen LogP contribution in [0, 0.1) is 11.8 Å². The lowest BCUT2D eigenvalue weighted by Gasteiger charge is -2.48. The molecule has 0 spiro atoms. The van der Waals surface area contributed by atoms with E-state index in [1.807, 2.05) is 69.3 Å². The van der Waals surface area contributed by atoms with Gasteiger partial charge in [-0.1, -0.05) is 76.2 Å². The first-order valence-electron chi connectivity index (χ1n) is 21.2. The molecule has 0 aliphatic carbocycles. The standard InChI is InChI=1S/C48H63N5O6Si/c1-32-29-53(30-38(27-43(55)58-47(2,3)4)45(32)59-60(9,10)48(5,6)7)41-18-21-49-28-37(41)26-42(54)44-40(51-46(56)57-31-33-14-12-11-13-15-33)25-36-17-16-35(24-39(36)50-44)34-19-22-52(8)23-20-34/h11-19,21,24-25,28,32,38,45H,20,22-23,26-27,29-31H2,1-10H3,(H,51,56)/t32-,38+,45+/m0/s1. The molecular weight excluding hydrogens is 771 g/mol. The van der Waals surface area contributed by atoms with Gasteiger partial charge in [-0.3, -0.25) is 19.9 Å². The maximum absolute atomic E-state index is 14.6. The highest BCUT2D eigenvalue weighted by Gasteiger charge is 2.45. The first-order valence-corrected chi connectivity index (χ1v) is 24.1. The SMILES string of the molecule is C[C@H]1CN(c2ccncc2CC(=O)c2nc3cc(C4=CCN(C)CC4)ccc3cc2NC(=O)OCc2ccccc2)C[C@@H](CC(=O)OC(C)(C)C)[C@@H]1O[Si](C)(C)C(C)(C)C. The van der Waals surface area contributed by atoms with Crippen LogP contribution < -0.4 is 10.2 Å². The predicted octanol–water partition coefficient (Wildman–Crippen LogP) is 9.72. The third-order valence-corrected chi connectivity index (χ3v) is 16.4. The molecule has 11 nitrogen and oxygen atoms in total. The monoisotopic (exact) mass is 833 g/mol. The molecule has 1 saturated heterocycles. The van der Waals surface area contributed by atoms with Gasteiger partial charge in [0.15, 0.2) is 14.1 Å². The number of esters is 1. The van der Waals surface area contributed by atoms with Gasteiger partial charge in [-0.2, -0.15) is 0 Å². The Morgan fingerprint density at radius 1 is 0.967 bits per heavy atom. The van der Waals surface area contributed by atoms with Crippen LogP contribution in [0.1, 0.15) is 88.5 Å². The summed E-state index contributed by atoms with van der Waals surface area (Å²) in [6.07, 6.45) is 5.98. The number of fused-ring (bicyclic) bond motifs is 1. The van der Waals surface area contributed by atoms with E-state index in [4.69, 9.17) is 18.9 Å². The maximum atomic E-state index is 14.6. The molecule has 3 atom stereocenters. The van der Waals surface area contributed by atoms with Crippen molar-refractivity contribution in [1.29, 1.82) is 0 Å². The Balaban J connectivity index is 1.31. The minimum absolute atomic E-state index is 0.00611. The second-order valence-corrected chi connectivity index (χ2v) is 23.9. The Morgan fingerprint density at radius 3 is 2.40 bits per heavy atom. The van der Waals surface area contributed by atoms with Gasteiger partial charge >= 0.3 is 12.1 Å². The molecule has 0 unspecified atom stereocenters. The third-order valence-electron chi connectivity index (χ3n) is 12.0. The zero-order valence-electron chi connectivity index (χ0n) is 37.1. The number of amides is 1. The van der Waals surface area contributed by atoms with Gasteiger partial charge in [-0.05, 0) is 93.2 Å². The Kier molecular flexibility index (Phi) is 13.7. The quantitative estimate of drug-likeness (QED) is 0.0839. The molecule has 1 amide bonds. The molecule has 0 radical (unpaired) electrons. The van der Waals surface area contributed by atoms with E-state index in [1.54, 1.807) is 18.5 Å². The fraction of sp³-hybridized carbons (Fsp3) is 0.479. The number of ketones is 1. The van der Waals surface area contributed by atoms with Crippen molar-refractivity contribution in [2.24, 2.45) is 11.8 Å². The van der Waals surface area contributed by atoms with Crippen LogP contribution in [-0.4, -0.2) is 86.0 Å². The molecule has 4 heterocycles. The summed E-state index contributed by atoms with van der Waals surface area (Å²) < 4.78 is 18.5. The Labute approximate surface area is 357 Å². The van der Waals surface area contributed by atoms with Crippen molar-refractivity contribution in [3.8, 4) is 0 Å². The lowest BCUT2D eigenvalue weighted by molar-refractivity contribution is -0.157. The highest BCUT2D eigenvalue weighted by atomic mass is 28.4. The molecule has 2 aromatic heterocycles. The number of nitrogens with one attached hydrogen (secondary N) is 1. The molecule has 320 valence electrons. The second-order valence-electron chi connectivity index (χ2n) is 19.1. The topological polar surface area (TPSA) is 123 Å². The number of pyridine rings is 2. The summed E-state index contributed by atoms with van der Waals surface area (Å²) in [5, 5.41) is 3.62. The van der Waals surface area contributed by atoms with E-state index in [9.17, 15) is 14.4 Å². The molecule has 4 aromatic rings. The van der Waals surface area contributed by atoms with Crippen LogP contribution in [0.4, 0.5) is 16.2 Å². The van der Waals surface area contributed by atoms with Crippen molar-refractivity contribution in [3.63, 3.8) is 0 Å². The van der Waals surface area contributed by atoms with Gasteiger partial charge in [-0.25, -0.2) is 9.78 Å². The molecule has 1 N–H and O–H groups in total. The fourth-order valence-corrected chi connectivity index (χ4v) is 9.24. The van der Waals surface area contributed by atoms with Gasteiger partial charge in [0, 0.05) is 67.5 Å². The predicted molar refractivity (Wildman–Crippen MR) is 242 cm³/mol. The second kappa shape index (κ2) is 18.4. The number of carbonyl (C=O) groups excluding carboxylic acids is 3. The summed E-state index contributed by atoms with van der Waals surface area (Å²) >= 11 is 0. The number of rotatable bonds is 12. The minimum Gasteiger partial charge on any atom is -0.460 e. The molecule has 0 saturated carbocycles. The third kappa shape index (κ3) is 11.3. The van der Waals surface area contributed by atoms with Crippen molar-refractivity contribution in [2.45, 2.75) is 104 Å². The van der Waals surface area contributed by atoms with Crippen molar-refractivity contribution in [1.82, 2.24) is 14.9 Å². The number of nitrogens with zero attached hydrogens (tertiary/aromatic N) is 4. The smallest absolute Gasteiger partial charge is 0.412 e. The summed E-state index contributed by atoms with van der Waals surface area (Å²) in [5.41, 5.74) is 5.20. The van der Waals surface area contributed by atoms with E-state index in [0.29, 0.717) is 18.6 Å². The van der Waals surface area contributed by atoms with Gasteiger partial charge in [0.05, 0.1) is 23.7 Å². The fourth-order valence-electron chi connectivity index (χ4n) is 7.78. The Morgan fingerprint density at radius 2 is 1.72 bits per heavy atom.